The minimum atomic E-state index is -1.68. The second kappa shape index (κ2) is 6.36. The van der Waals surface area contributed by atoms with Crippen molar-refractivity contribution in [3.05, 3.63) is 0 Å². The van der Waals surface area contributed by atoms with Gasteiger partial charge in [-0.15, -0.1) is 0 Å². The minimum Gasteiger partial charge on any atom is -0.449 e. The summed E-state index contributed by atoms with van der Waals surface area (Å²) in [6.45, 7) is 3.23. The molecule has 0 bridgehead atoms. The third-order valence-corrected chi connectivity index (χ3v) is 1.95. The van der Waals surface area contributed by atoms with E-state index in [4.69, 9.17) is 10.2 Å². The summed E-state index contributed by atoms with van der Waals surface area (Å²) in [5, 5.41) is 26.6. The standard InChI is InChI=1S/C9H16O6/c1-5(3-6(2)10)7(11)4-8(12)15-9(13)14/h5-7,10-11H,3-4H2,1-2H3,(H,13,14). The fourth-order valence-electron chi connectivity index (χ4n) is 1.21. The molecule has 0 aromatic heterocycles. The van der Waals surface area contributed by atoms with Gasteiger partial charge < -0.3 is 20.1 Å². The second-order valence-corrected chi connectivity index (χ2v) is 3.57. The molecule has 88 valence electrons. The van der Waals surface area contributed by atoms with Crippen LogP contribution in [0, 0.1) is 5.92 Å². The molecule has 0 aliphatic carbocycles. The Morgan fingerprint density at radius 3 is 2.20 bits per heavy atom. The molecule has 3 N–H and O–H groups in total. The van der Waals surface area contributed by atoms with Crippen LogP contribution in [0.15, 0.2) is 0 Å². The monoisotopic (exact) mass is 220 g/mol. The van der Waals surface area contributed by atoms with Gasteiger partial charge in [0.2, 0.25) is 0 Å². The van der Waals surface area contributed by atoms with Crippen molar-refractivity contribution in [3.8, 4) is 0 Å². The molecular weight excluding hydrogens is 204 g/mol. The lowest BCUT2D eigenvalue weighted by Crippen LogP contribution is -2.26. The van der Waals surface area contributed by atoms with Gasteiger partial charge in [-0.2, -0.15) is 0 Å². The highest BCUT2D eigenvalue weighted by atomic mass is 16.7. The average Bonchev–Trinajstić information content (AvgIpc) is 2.00. The molecule has 15 heavy (non-hydrogen) atoms. The molecule has 0 spiro atoms. The second-order valence-electron chi connectivity index (χ2n) is 3.57. The van der Waals surface area contributed by atoms with Crippen LogP contribution in [0.5, 0.6) is 0 Å². The number of carboxylic acid groups (broad SMARTS) is 1. The Kier molecular flexibility index (Phi) is 5.88. The van der Waals surface area contributed by atoms with Gasteiger partial charge in [-0.25, -0.2) is 4.79 Å². The number of hydrogen-bond acceptors (Lipinski definition) is 5. The maximum Gasteiger partial charge on any atom is 0.513 e. The Hall–Kier alpha value is -1.14. The summed E-state index contributed by atoms with van der Waals surface area (Å²) in [7, 11) is 0. The van der Waals surface area contributed by atoms with Crippen molar-refractivity contribution >= 4 is 12.1 Å². The molecule has 0 aromatic carbocycles. The summed E-state index contributed by atoms with van der Waals surface area (Å²) in [6.07, 6.45) is -3.33. The van der Waals surface area contributed by atoms with Crippen molar-refractivity contribution < 1.29 is 29.6 Å². The number of esters is 1. The molecular formula is C9H16O6. The Labute approximate surface area is 87.5 Å². The number of carbonyl (C=O) groups excluding carboxylic acids is 1. The lowest BCUT2D eigenvalue weighted by molar-refractivity contribution is -0.142. The number of carbonyl (C=O) groups is 2. The van der Waals surface area contributed by atoms with E-state index < -0.39 is 24.3 Å². The van der Waals surface area contributed by atoms with Crippen molar-refractivity contribution in [3.63, 3.8) is 0 Å². The SMILES string of the molecule is CC(O)CC(C)C(O)CC(=O)OC(=O)O. The first-order valence-corrected chi connectivity index (χ1v) is 4.62. The number of aliphatic hydroxyl groups excluding tert-OH is 2. The summed E-state index contributed by atoms with van der Waals surface area (Å²) in [5.41, 5.74) is 0. The van der Waals surface area contributed by atoms with Crippen LogP contribution in [0.4, 0.5) is 4.79 Å². The lowest BCUT2D eigenvalue weighted by atomic mass is 9.96. The maximum absolute atomic E-state index is 10.8. The highest BCUT2D eigenvalue weighted by Gasteiger charge is 2.21. The molecule has 0 rings (SSSR count). The first-order valence-electron chi connectivity index (χ1n) is 4.62. The fourth-order valence-corrected chi connectivity index (χ4v) is 1.21. The Morgan fingerprint density at radius 1 is 1.27 bits per heavy atom. The van der Waals surface area contributed by atoms with E-state index in [1.54, 1.807) is 13.8 Å². The average molecular weight is 220 g/mol. The van der Waals surface area contributed by atoms with E-state index >= 15 is 0 Å². The smallest absolute Gasteiger partial charge is 0.449 e. The van der Waals surface area contributed by atoms with Crippen LogP contribution in [-0.4, -0.2) is 39.7 Å². The molecule has 0 amide bonds. The van der Waals surface area contributed by atoms with Crippen LogP contribution in [0.2, 0.25) is 0 Å². The van der Waals surface area contributed by atoms with E-state index in [2.05, 4.69) is 4.74 Å². The third kappa shape index (κ3) is 6.87. The van der Waals surface area contributed by atoms with Crippen LogP contribution < -0.4 is 0 Å². The maximum atomic E-state index is 10.8. The van der Waals surface area contributed by atoms with E-state index in [-0.39, 0.29) is 12.3 Å². The fraction of sp³-hybridized carbons (Fsp3) is 0.778. The zero-order valence-corrected chi connectivity index (χ0v) is 8.71. The van der Waals surface area contributed by atoms with E-state index in [0.717, 1.165) is 0 Å². The molecule has 0 saturated heterocycles. The van der Waals surface area contributed by atoms with Crippen LogP contribution >= 0.6 is 0 Å². The highest BCUT2D eigenvalue weighted by molar-refractivity contribution is 5.81. The Bertz CT molecular complexity index is 225. The number of ether oxygens (including phenoxy) is 1. The summed E-state index contributed by atoms with van der Waals surface area (Å²) in [6, 6.07) is 0. The van der Waals surface area contributed by atoms with Gasteiger partial charge in [0.1, 0.15) is 0 Å². The summed E-state index contributed by atoms with van der Waals surface area (Å²) >= 11 is 0. The minimum absolute atomic E-state index is 0.300. The predicted molar refractivity (Wildman–Crippen MR) is 50.2 cm³/mol. The highest BCUT2D eigenvalue weighted by Crippen LogP contribution is 2.14. The van der Waals surface area contributed by atoms with E-state index in [9.17, 15) is 14.7 Å². The first kappa shape index (κ1) is 13.9. The van der Waals surface area contributed by atoms with Crippen LogP contribution in [0.25, 0.3) is 0 Å². The van der Waals surface area contributed by atoms with Gasteiger partial charge in [0.05, 0.1) is 18.6 Å². The molecule has 6 nitrogen and oxygen atoms in total. The summed E-state index contributed by atoms with van der Waals surface area (Å²) < 4.78 is 3.83. The number of rotatable bonds is 5. The largest absolute Gasteiger partial charge is 0.513 e. The van der Waals surface area contributed by atoms with Gasteiger partial charge >= 0.3 is 12.1 Å². The predicted octanol–water partition coefficient (Wildman–Crippen LogP) is 0.366. The van der Waals surface area contributed by atoms with Crippen molar-refractivity contribution in [1.82, 2.24) is 0 Å². The van der Waals surface area contributed by atoms with Gasteiger partial charge in [-0.3, -0.25) is 4.79 Å². The quantitative estimate of drug-likeness (QED) is 0.456. The van der Waals surface area contributed by atoms with Crippen LogP contribution in [0.3, 0.4) is 0 Å². The third-order valence-electron chi connectivity index (χ3n) is 1.95. The molecule has 3 unspecified atom stereocenters. The molecule has 3 atom stereocenters. The summed E-state index contributed by atoms with van der Waals surface area (Å²) in [4.78, 5) is 20.8. The topological polar surface area (TPSA) is 104 Å². The molecule has 0 radical (unpaired) electrons. The zero-order valence-electron chi connectivity index (χ0n) is 8.71. The molecule has 0 heterocycles. The van der Waals surface area contributed by atoms with Crippen LogP contribution in [-0.2, 0) is 9.53 Å². The number of hydrogen-bond donors (Lipinski definition) is 3. The lowest BCUT2D eigenvalue weighted by Gasteiger charge is -2.18. The molecule has 6 heteroatoms. The van der Waals surface area contributed by atoms with Crippen molar-refractivity contribution in [2.45, 2.75) is 38.9 Å². The molecule has 0 aromatic rings. The van der Waals surface area contributed by atoms with E-state index in [1.807, 2.05) is 0 Å². The van der Waals surface area contributed by atoms with Crippen molar-refractivity contribution in [2.24, 2.45) is 5.92 Å². The van der Waals surface area contributed by atoms with Gasteiger partial charge in [-0.1, -0.05) is 6.92 Å². The van der Waals surface area contributed by atoms with E-state index in [0.29, 0.717) is 6.42 Å². The van der Waals surface area contributed by atoms with E-state index in [1.165, 1.54) is 0 Å². The van der Waals surface area contributed by atoms with Crippen molar-refractivity contribution in [1.29, 1.82) is 0 Å². The van der Waals surface area contributed by atoms with Crippen LogP contribution in [0.1, 0.15) is 26.7 Å². The summed E-state index contributed by atoms with van der Waals surface area (Å²) in [5.74, 6) is -1.29. The molecule has 0 saturated carbocycles. The van der Waals surface area contributed by atoms with Gasteiger partial charge in [-0.05, 0) is 19.3 Å². The normalized spacial score (nSPS) is 16.5. The van der Waals surface area contributed by atoms with Gasteiger partial charge in [0.15, 0.2) is 0 Å². The molecule has 0 fully saturated rings. The van der Waals surface area contributed by atoms with Gasteiger partial charge in [0.25, 0.3) is 0 Å². The Balaban J connectivity index is 3.95. The van der Waals surface area contributed by atoms with Gasteiger partial charge in [0, 0.05) is 0 Å². The number of aliphatic hydroxyl groups is 2. The zero-order chi connectivity index (χ0) is 12.0. The molecule has 0 aliphatic rings. The Morgan fingerprint density at radius 2 is 1.80 bits per heavy atom. The van der Waals surface area contributed by atoms with Crippen molar-refractivity contribution in [2.75, 3.05) is 0 Å². The first-order chi connectivity index (χ1) is 6.82. The molecule has 0 aliphatic heterocycles.